The van der Waals surface area contributed by atoms with Crippen LogP contribution in [0.5, 0.6) is 23.0 Å². The largest absolute Gasteiger partial charge is 0.497 e. The van der Waals surface area contributed by atoms with Crippen LogP contribution in [0.3, 0.4) is 0 Å². The number of ether oxygens (including phenoxy) is 4. The number of rotatable bonds is 21. The number of Topliss-reactive ketones (excluding diaryl/α,β-unsaturated/α-hetero) is 1. The predicted octanol–water partition coefficient (Wildman–Crippen LogP) is 5.57. The summed E-state index contributed by atoms with van der Waals surface area (Å²) >= 11 is 9.94. The number of nitrogens with one attached hydrogen (secondary N) is 1. The standard InChI is InChI=1S/C41H42ClN5O12S3/c1-40(2,37(51)52)59-46-32(28-20-60-39(43)45-28)29(48)17-27-35(50)47-21-41(38(53)54,62-36(27)47)61-16-15-44-34(49)26-13-14-30(57-18-22-5-9-24(55-3)10-6-22)33(31(26)42)58-19-23-7-11-25(56-4)12-8-23/h5-14,20,27,36H,15-19,21H2,1-4H3,(H2,43,45)(H,44,49)(H,51,52)(H,53,54)/b46-32-/t27-,36?,41-/m1/s1. The molecule has 0 saturated carbocycles. The second-order valence-corrected chi connectivity index (χ2v) is 18.7. The van der Waals surface area contributed by atoms with Gasteiger partial charge in [0.15, 0.2) is 32.2 Å². The number of carboxylic acids is 2. The summed E-state index contributed by atoms with van der Waals surface area (Å²) in [6.07, 6.45) is -0.367. The van der Waals surface area contributed by atoms with Crippen LogP contribution in [-0.4, -0.2) is 103 Å². The fraction of sp³-hybridized carbons (Fsp3) is 0.341. The molecule has 2 aliphatic rings. The van der Waals surface area contributed by atoms with Crippen LogP contribution in [0.2, 0.25) is 5.02 Å². The lowest BCUT2D eigenvalue weighted by atomic mass is 9.90. The molecule has 3 aromatic carbocycles. The Hall–Kier alpha value is -5.70. The Kier molecular flexibility index (Phi) is 14.5. The number of oxime groups is 1. The van der Waals surface area contributed by atoms with Crippen LogP contribution in [0, 0.1) is 5.92 Å². The average molecular weight is 928 g/mol. The number of thiazole rings is 1. The monoisotopic (exact) mass is 927 g/mol. The number of amides is 2. The first kappa shape index (κ1) is 45.8. The third kappa shape index (κ3) is 10.3. The summed E-state index contributed by atoms with van der Waals surface area (Å²) in [5.74, 6) is -3.06. The number of nitrogens with two attached hydrogens (primary N) is 1. The van der Waals surface area contributed by atoms with Crippen LogP contribution < -0.4 is 30.0 Å². The molecular weight excluding hydrogens is 886 g/mol. The number of β-lactam (4-membered cyclic amide) rings is 1. The lowest BCUT2D eigenvalue weighted by molar-refractivity contribution is -0.161. The minimum atomic E-state index is -1.78. The van der Waals surface area contributed by atoms with Crippen molar-refractivity contribution >= 4 is 86.8 Å². The Bertz CT molecular complexity index is 2360. The van der Waals surface area contributed by atoms with E-state index in [1.165, 1.54) is 30.2 Å². The molecule has 3 atom stereocenters. The molecule has 2 fully saturated rings. The predicted molar refractivity (Wildman–Crippen MR) is 233 cm³/mol. The number of nitrogen functional groups attached to an aromatic ring is 1. The molecule has 0 bridgehead atoms. The number of hydrogen-bond donors (Lipinski definition) is 4. The number of aliphatic carboxylic acids is 2. The number of carbonyl (C=O) groups is 5. The number of methoxy groups -OCH3 is 2. The van der Waals surface area contributed by atoms with Gasteiger partial charge >= 0.3 is 11.9 Å². The number of aromatic nitrogens is 1. The lowest BCUT2D eigenvalue weighted by Crippen LogP contribution is -2.57. The number of nitrogens with zero attached hydrogens (tertiary/aromatic N) is 3. The highest BCUT2D eigenvalue weighted by Gasteiger charge is 2.62. The zero-order valence-electron chi connectivity index (χ0n) is 33.7. The minimum Gasteiger partial charge on any atom is -0.497 e. The second-order valence-electron chi connectivity index (χ2n) is 14.3. The van der Waals surface area contributed by atoms with Crippen LogP contribution in [0.4, 0.5) is 5.13 Å². The third-order valence-corrected chi connectivity index (χ3v) is 14.1. The van der Waals surface area contributed by atoms with Crippen LogP contribution in [-0.2, 0) is 37.2 Å². The molecule has 3 heterocycles. The van der Waals surface area contributed by atoms with Gasteiger partial charge in [0.25, 0.3) is 5.91 Å². The quantitative estimate of drug-likeness (QED) is 0.0346. The maximum atomic E-state index is 13.6. The van der Waals surface area contributed by atoms with E-state index in [-0.39, 0.29) is 71.3 Å². The highest BCUT2D eigenvalue weighted by molar-refractivity contribution is 8.20. The topological polar surface area (TPSA) is 238 Å². The van der Waals surface area contributed by atoms with Crippen molar-refractivity contribution in [2.75, 3.05) is 38.8 Å². The van der Waals surface area contributed by atoms with Gasteiger partial charge in [0.2, 0.25) is 11.5 Å². The number of carbonyl (C=O) groups excluding carboxylic acids is 3. The molecule has 2 saturated heterocycles. The fourth-order valence-corrected chi connectivity index (χ4v) is 10.1. The van der Waals surface area contributed by atoms with Gasteiger partial charge in [-0.2, -0.15) is 0 Å². The molecule has 4 aromatic rings. The number of ketones is 1. The number of thioether (sulfide) groups is 2. The van der Waals surface area contributed by atoms with Gasteiger partial charge in [-0.25, -0.2) is 14.6 Å². The summed E-state index contributed by atoms with van der Waals surface area (Å²) in [6, 6.07) is 17.7. The van der Waals surface area contributed by atoms with Crippen molar-refractivity contribution in [3.05, 3.63) is 93.5 Å². The Morgan fingerprint density at radius 3 is 2.19 bits per heavy atom. The van der Waals surface area contributed by atoms with Crippen molar-refractivity contribution in [3.63, 3.8) is 0 Å². The van der Waals surface area contributed by atoms with E-state index in [0.29, 0.717) is 17.2 Å². The molecule has 0 aliphatic carbocycles. The summed E-state index contributed by atoms with van der Waals surface area (Å²) in [5.41, 5.74) is 5.47. The number of benzene rings is 3. The maximum absolute atomic E-state index is 13.6. The van der Waals surface area contributed by atoms with Crippen molar-refractivity contribution in [3.8, 4) is 23.0 Å². The van der Waals surface area contributed by atoms with Gasteiger partial charge in [-0.05, 0) is 61.4 Å². The zero-order chi connectivity index (χ0) is 44.8. The zero-order valence-corrected chi connectivity index (χ0v) is 37.0. The van der Waals surface area contributed by atoms with Crippen molar-refractivity contribution < 1.29 is 58.0 Å². The summed E-state index contributed by atoms with van der Waals surface area (Å²) in [7, 11) is 3.15. The first-order valence-electron chi connectivity index (χ1n) is 18.8. The smallest absolute Gasteiger partial charge is 0.350 e. The van der Waals surface area contributed by atoms with Crippen molar-refractivity contribution in [2.45, 2.75) is 48.5 Å². The highest BCUT2D eigenvalue weighted by Crippen LogP contribution is 2.55. The Labute approximate surface area is 373 Å². The molecule has 0 radical (unpaired) electrons. The van der Waals surface area contributed by atoms with E-state index in [0.717, 1.165) is 46.0 Å². The Balaban J connectivity index is 1.09. The van der Waals surface area contributed by atoms with Crippen LogP contribution in [0.25, 0.3) is 0 Å². The minimum absolute atomic E-state index is 0.0105. The maximum Gasteiger partial charge on any atom is 0.350 e. The summed E-state index contributed by atoms with van der Waals surface area (Å²) in [4.78, 5) is 75.4. The molecule has 21 heteroatoms. The molecule has 1 unspecified atom stereocenters. The number of anilines is 1. The van der Waals surface area contributed by atoms with Gasteiger partial charge in [0.05, 0.1) is 42.6 Å². The van der Waals surface area contributed by atoms with Gasteiger partial charge in [-0.1, -0.05) is 41.0 Å². The van der Waals surface area contributed by atoms with Gasteiger partial charge < -0.3 is 49.9 Å². The SMILES string of the molecule is COc1ccc(COc2ccc(C(=O)NCCS[C@]3(C(=O)O)CN4C(=O)[C@@H](CC(=O)/C(=N\OC(C)(C)C(=O)O)c5csc(N)n5)C4S3)c(Cl)c2OCc2ccc(OC)cc2)cc1. The van der Waals surface area contributed by atoms with E-state index in [1.54, 1.807) is 32.4 Å². The Morgan fingerprint density at radius 2 is 1.63 bits per heavy atom. The Morgan fingerprint density at radius 1 is 1.00 bits per heavy atom. The summed E-state index contributed by atoms with van der Waals surface area (Å²) in [6.45, 7) is 2.67. The average Bonchev–Trinajstić information content (AvgIpc) is 3.85. The second kappa shape index (κ2) is 19.6. The molecule has 5 N–H and O–H groups in total. The highest BCUT2D eigenvalue weighted by atomic mass is 35.5. The van der Waals surface area contributed by atoms with Crippen molar-refractivity contribution in [1.29, 1.82) is 0 Å². The van der Waals surface area contributed by atoms with Gasteiger partial charge in [-0.3, -0.25) is 14.4 Å². The van der Waals surface area contributed by atoms with Gasteiger partial charge in [-0.15, -0.1) is 34.9 Å². The summed E-state index contributed by atoms with van der Waals surface area (Å²) < 4.78 is 21.2. The molecule has 328 valence electrons. The number of fused-ring (bicyclic) bond motifs is 1. The number of hydrogen-bond acceptors (Lipinski definition) is 16. The van der Waals surface area contributed by atoms with E-state index in [4.69, 9.17) is 41.1 Å². The van der Waals surface area contributed by atoms with E-state index >= 15 is 0 Å². The van der Waals surface area contributed by atoms with E-state index in [9.17, 15) is 34.2 Å². The molecule has 2 amide bonds. The fourth-order valence-electron chi connectivity index (χ4n) is 6.14. The number of carboxylic acid groups (broad SMARTS) is 2. The molecule has 2 aliphatic heterocycles. The van der Waals surface area contributed by atoms with E-state index in [2.05, 4.69) is 15.5 Å². The molecule has 6 rings (SSSR count). The molecule has 62 heavy (non-hydrogen) atoms. The van der Waals surface area contributed by atoms with Gasteiger partial charge in [0.1, 0.15) is 30.4 Å². The van der Waals surface area contributed by atoms with Gasteiger partial charge in [0, 0.05) is 24.1 Å². The third-order valence-electron chi connectivity index (χ3n) is 9.71. The summed E-state index contributed by atoms with van der Waals surface area (Å²) in [5, 5.41) is 27.4. The van der Waals surface area contributed by atoms with E-state index < -0.39 is 50.5 Å². The van der Waals surface area contributed by atoms with Crippen molar-refractivity contribution in [1.82, 2.24) is 15.2 Å². The molecular formula is C41H42ClN5O12S3. The van der Waals surface area contributed by atoms with E-state index in [1.807, 2.05) is 36.4 Å². The van der Waals surface area contributed by atoms with Crippen LogP contribution >= 0.6 is 46.5 Å². The molecule has 0 spiro atoms. The van der Waals surface area contributed by atoms with Crippen molar-refractivity contribution in [2.24, 2.45) is 11.1 Å². The molecule has 17 nitrogen and oxygen atoms in total. The first-order chi connectivity index (χ1) is 29.5. The molecule has 1 aromatic heterocycles. The number of halogens is 1. The van der Waals surface area contributed by atoms with Crippen LogP contribution in [0.1, 0.15) is 47.4 Å². The normalized spacial score (nSPS) is 18.3. The first-order valence-corrected chi connectivity index (χ1v) is 21.9. The van der Waals surface area contributed by atoms with Crippen LogP contribution in [0.15, 0.2) is 71.2 Å². The lowest BCUT2D eigenvalue weighted by Gasteiger charge is -2.41.